The third-order valence-corrected chi connectivity index (χ3v) is 9.63. The van der Waals surface area contributed by atoms with Gasteiger partial charge in [0.25, 0.3) is 0 Å². The minimum absolute atomic E-state index is 0.0977. The second-order valence-electron chi connectivity index (χ2n) is 6.35. The first-order chi connectivity index (χ1) is 12.7. The molecule has 132 valence electrons. The van der Waals surface area contributed by atoms with Crippen LogP contribution in [0.5, 0.6) is 0 Å². The lowest BCUT2D eigenvalue weighted by atomic mass is 10.3. The van der Waals surface area contributed by atoms with Crippen molar-refractivity contribution in [1.82, 2.24) is 0 Å². The first kappa shape index (κ1) is 19.0. The maximum absolute atomic E-state index is 11.3. The van der Waals surface area contributed by atoms with E-state index in [1.807, 2.05) is 0 Å². The zero-order valence-corrected chi connectivity index (χ0v) is 17.2. The molecule has 0 unspecified atom stereocenters. The number of hydrogen-bond donors (Lipinski definition) is 0. The average Bonchev–Trinajstić information content (AvgIpc) is 2.70. The van der Waals surface area contributed by atoms with Gasteiger partial charge in [0, 0.05) is 6.42 Å². The van der Waals surface area contributed by atoms with Crippen molar-refractivity contribution in [1.29, 1.82) is 0 Å². The quantitative estimate of drug-likeness (QED) is 0.279. The zero-order chi connectivity index (χ0) is 18.2. The Kier molecular flexibility index (Phi) is 6.77. The van der Waals surface area contributed by atoms with Gasteiger partial charge in [-0.3, -0.25) is 4.79 Å². The largest absolute Gasteiger partial charge is 0.287 e. The van der Waals surface area contributed by atoms with Gasteiger partial charge in [-0.2, -0.15) is 0 Å². The van der Waals surface area contributed by atoms with E-state index in [0.717, 1.165) is 19.0 Å². The Hall–Kier alpha value is -1.76. The predicted molar refractivity (Wildman–Crippen MR) is 118 cm³/mol. The fourth-order valence-electron chi connectivity index (χ4n) is 3.49. The minimum atomic E-state index is -1.74. The lowest BCUT2D eigenvalue weighted by molar-refractivity contribution is -0.110. The highest BCUT2D eigenvalue weighted by Gasteiger charge is 2.44. The standard InChI is InChI=1S/C23H23BrOP/c24-23(25)18-10-11-19-26(20-12-4-1-5-13-20,21-14-6-2-7-15-21)22-16-8-3-9-17-22/h1-9,12-17H,10-11,18-19H2/q+1. The molecule has 0 heterocycles. The normalized spacial score (nSPS) is 11.3. The van der Waals surface area contributed by atoms with E-state index in [1.165, 1.54) is 15.9 Å². The first-order valence-electron chi connectivity index (χ1n) is 8.97. The molecular weight excluding hydrogens is 403 g/mol. The summed E-state index contributed by atoms with van der Waals surface area (Å²) in [6, 6.07) is 32.7. The van der Waals surface area contributed by atoms with Crippen LogP contribution >= 0.6 is 23.2 Å². The van der Waals surface area contributed by atoms with Crippen LogP contribution in [0.2, 0.25) is 0 Å². The summed E-state index contributed by atoms with van der Waals surface area (Å²) < 4.78 is 0.0977. The molecule has 26 heavy (non-hydrogen) atoms. The van der Waals surface area contributed by atoms with Gasteiger partial charge in [-0.15, -0.1) is 0 Å². The SMILES string of the molecule is O=C(Br)CCCC[P+](c1ccccc1)(c1ccccc1)c1ccccc1. The van der Waals surface area contributed by atoms with Crippen LogP contribution in [0.3, 0.4) is 0 Å². The van der Waals surface area contributed by atoms with Crippen LogP contribution in [-0.4, -0.2) is 10.9 Å². The number of halogens is 1. The van der Waals surface area contributed by atoms with E-state index in [2.05, 4.69) is 107 Å². The van der Waals surface area contributed by atoms with E-state index in [9.17, 15) is 4.79 Å². The third-order valence-electron chi connectivity index (χ3n) is 4.71. The average molecular weight is 426 g/mol. The third kappa shape index (κ3) is 4.31. The number of rotatable bonds is 8. The van der Waals surface area contributed by atoms with E-state index in [0.29, 0.717) is 6.42 Å². The maximum atomic E-state index is 11.3. The number of benzene rings is 3. The van der Waals surface area contributed by atoms with E-state index in [-0.39, 0.29) is 4.69 Å². The Bertz CT molecular complexity index is 722. The highest BCUT2D eigenvalue weighted by atomic mass is 79.9. The molecule has 0 spiro atoms. The summed E-state index contributed by atoms with van der Waals surface area (Å²) in [6.07, 6.45) is 3.62. The summed E-state index contributed by atoms with van der Waals surface area (Å²) >= 11 is 3.06. The lowest BCUT2D eigenvalue weighted by Crippen LogP contribution is -2.33. The second kappa shape index (κ2) is 9.26. The molecule has 3 aromatic carbocycles. The van der Waals surface area contributed by atoms with E-state index >= 15 is 0 Å². The molecule has 0 amide bonds. The van der Waals surface area contributed by atoms with Gasteiger partial charge in [-0.25, -0.2) is 0 Å². The van der Waals surface area contributed by atoms with Crippen LogP contribution in [0.25, 0.3) is 0 Å². The number of unbranched alkanes of at least 4 members (excludes halogenated alkanes) is 1. The molecule has 0 atom stereocenters. The Balaban J connectivity index is 2.10. The van der Waals surface area contributed by atoms with Crippen LogP contribution < -0.4 is 15.9 Å². The minimum Gasteiger partial charge on any atom is -0.287 e. The van der Waals surface area contributed by atoms with Crippen LogP contribution in [0.1, 0.15) is 19.3 Å². The van der Waals surface area contributed by atoms with Crippen molar-refractivity contribution in [2.75, 3.05) is 6.16 Å². The lowest BCUT2D eigenvalue weighted by Gasteiger charge is -2.27. The molecule has 1 nitrogen and oxygen atoms in total. The van der Waals surface area contributed by atoms with Crippen LogP contribution in [0.4, 0.5) is 0 Å². The molecule has 0 fully saturated rings. The molecule has 0 saturated carbocycles. The molecule has 0 aliphatic carbocycles. The summed E-state index contributed by atoms with van der Waals surface area (Å²) in [5, 5.41) is 4.22. The van der Waals surface area contributed by atoms with Crippen molar-refractivity contribution >= 4 is 43.8 Å². The summed E-state index contributed by atoms with van der Waals surface area (Å²) in [4.78, 5) is 11.3. The van der Waals surface area contributed by atoms with Crippen LogP contribution in [-0.2, 0) is 4.79 Å². The van der Waals surface area contributed by atoms with E-state index in [1.54, 1.807) is 0 Å². The Labute approximate surface area is 164 Å². The van der Waals surface area contributed by atoms with Crippen molar-refractivity contribution in [2.45, 2.75) is 19.3 Å². The highest BCUT2D eigenvalue weighted by Crippen LogP contribution is 2.55. The van der Waals surface area contributed by atoms with Crippen molar-refractivity contribution in [3.63, 3.8) is 0 Å². The molecule has 0 N–H and O–H groups in total. The van der Waals surface area contributed by atoms with Gasteiger partial charge in [0.15, 0.2) is 4.69 Å². The number of carbonyl (C=O) groups excluding carboxylic acids is 1. The molecule has 0 radical (unpaired) electrons. The fraction of sp³-hybridized carbons (Fsp3) is 0.174. The topological polar surface area (TPSA) is 17.1 Å². The van der Waals surface area contributed by atoms with Crippen molar-refractivity contribution in [3.05, 3.63) is 91.0 Å². The Morgan fingerprint density at radius 3 is 1.38 bits per heavy atom. The molecule has 0 aliphatic rings. The predicted octanol–water partition coefficient (Wildman–Crippen LogP) is 5.07. The summed E-state index contributed by atoms with van der Waals surface area (Å²) in [7, 11) is -1.74. The summed E-state index contributed by atoms with van der Waals surface area (Å²) in [6.45, 7) is 0. The Morgan fingerprint density at radius 1 is 0.654 bits per heavy atom. The van der Waals surface area contributed by atoms with Gasteiger partial charge < -0.3 is 0 Å². The van der Waals surface area contributed by atoms with Gasteiger partial charge in [-0.05, 0) is 65.2 Å². The Morgan fingerprint density at radius 2 is 1.04 bits per heavy atom. The highest BCUT2D eigenvalue weighted by molar-refractivity contribution is 9.18. The van der Waals surface area contributed by atoms with Crippen LogP contribution in [0.15, 0.2) is 91.0 Å². The number of hydrogen-bond acceptors (Lipinski definition) is 1. The zero-order valence-electron chi connectivity index (χ0n) is 14.7. The molecule has 0 saturated heterocycles. The molecule has 3 heteroatoms. The maximum Gasteiger partial charge on any atom is 0.197 e. The van der Waals surface area contributed by atoms with Crippen molar-refractivity contribution in [2.24, 2.45) is 0 Å². The molecule has 0 aliphatic heterocycles. The summed E-state index contributed by atoms with van der Waals surface area (Å²) in [5.74, 6) is 0. The van der Waals surface area contributed by atoms with Crippen molar-refractivity contribution < 1.29 is 4.79 Å². The first-order valence-corrected chi connectivity index (χ1v) is 11.7. The molecule has 3 aromatic rings. The molecule has 0 aromatic heterocycles. The molecule has 3 rings (SSSR count). The van der Waals surface area contributed by atoms with E-state index < -0.39 is 7.26 Å². The smallest absolute Gasteiger partial charge is 0.197 e. The van der Waals surface area contributed by atoms with Gasteiger partial charge in [-0.1, -0.05) is 54.6 Å². The van der Waals surface area contributed by atoms with Gasteiger partial charge in [0.05, 0.1) is 6.16 Å². The van der Waals surface area contributed by atoms with Gasteiger partial charge in [0.1, 0.15) is 23.2 Å². The second-order valence-corrected chi connectivity index (χ2v) is 10.9. The van der Waals surface area contributed by atoms with Gasteiger partial charge in [0.2, 0.25) is 0 Å². The molecular formula is C23H23BrOP+. The monoisotopic (exact) mass is 425 g/mol. The number of carbonyl (C=O) groups is 1. The fourth-order valence-corrected chi connectivity index (χ4v) is 8.19. The van der Waals surface area contributed by atoms with E-state index in [4.69, 9.17) is 0 Å². The van der Waals surface area contributed by atoms with Gasteiger partial charge >= 0.3 is 0 Å². The van der Waals surface area contributed by atoms with Crippen molar-refractivity contribution in [3.8, 4) is 0 Å². The van der Waals surface area contributed by atoms with Crippen LogP contribution in [0, 0.1) is 0 Å². The molecule has 0 bridgehead atoms. The summed E-state index contributed by atoms with van der Waals surface area (Å²) in [5.41, 5.74) is 0.